The summed E-state index contributed by atoms with van der Waals surface area (Å²) in [4.78, 5) is 21.1. The monoisotopic (exact) mass is 396 g/mol. The largest absolute Gasteiger partial charge is 0.355 e. The SMILES string of the molecule is CN=C(NCC(C)(C)SC)N1CCN(C(=O)Cc2cccc(Cl)c2)CC1. The summed E-state index contributed by atoms with van der Waals surface area (Å²) in [5, 5.41) is 4.13. The zero-order valence-corrected chi connectivity index (χ0v) is 17.7. The summed E-state index contributed by atoms with van der Waals surface area (Å²) in [5.74, 6) is 1.06. The number of thioether (sulfide) groups is 1. The number of benzene rings is 1. The van der Waals surface area contributed by atoms with E-state index in [1.807, 2.05) is 48.0 Å². The second-order valence-electron chi connectivity index (χ2n) is 7.04. The third-order valence-corrected chi connectivity index (χ3v) is 6.10. The van der Waals surface area contributed by atoms with Crippen LogP contribution in [0.25, 0.3) is 0 Å². The molecule has 1 aromatic carbocycles. The van der Waals surface area contributed by atoms with Crippen LogP contribution in [-0.4, -0.2) is 72.4 Å². The van der Waals surface area contributed by atoms with Gasteiger partial charge >= 0.3 is 0 Å². The van der Waals surface area contributed by atoms with Gasteiger partial charge in [-0.25, -0.2) is 0 Å². The van der Waals surface area contributed by atoms with Crippen molar-refractivity contribution in [3.05, 3.63) is 34.9 Å². The Hall–Kier alpha value is -1.40. The molecule has 0 aromatic heterocycles. The molecule has 144 valence electrons. The van der Waals surface area contributed by atoms with Gasteiger partial charge in [0.05, 0.1) is 6.42 Å². The minimum Gasteiger partial charge on any atom is -0.355 e. The Morgan fingerprint density at radius 1 is 1.27 bits per heavy atom. The molecule has 1 N–H and O–H groups in total. The number of aliphatic imine (C=N–C) groups is 1. The van der Waals surface area contributed by atoms with Crippen LogP contribution in [0.15, 0.2) is 29.3 Å². The van der Waals surface area contributed by atoms with Crippen molar-refractivity contribution in [3.8, 4) is 0 Å². The third kappa shape index (κ3) is 6.09. The van der Waals surface area contributed by atoms with E-state index in [0.29, 0.717) is 24.5 Å². The molecule has 1 aromatic rings. The minimum atomic E-state index is 0.151. The standard InChI is InChI=1S/C19H29ClN4OS/c1-19(2,26-4)14-22-18(21-3)24-10-8-23(9-11-24)17(25)13-15-6-5-7-16(20)12-15/h5-7,12H,8-11,13-14H2,1-4H3,(H,21,22). The van der Waals surface area contributed by atoms with Crippen molar-refractivity contribution in [3.63, 3.8) is 0 Å². The van der Waals surface area contributed by atoms with Gasteiger partial charge in [0.25, 0.3) is 0 Å². The Morgan fingerprint density at radius 2 is 1.92 bits per heavy atom. The fraction of sp³-hybridized carbons (Fsp3) is 0.579. The Morgan fingerprint density at radius 3 is 2.50 bits per heavy atom. The van der Waals surface area contributed by atoms with E-state index >= 15 is 0 Å². The second kappa shape index (κ2) is 9.51. The summed E-state index contributed by atoms with van der Waals surface area (Å²) in [6, 6.07) is 7.51. The lowest BCUT2D eigenvalue weighted by molar-refractivity contribution is -0.131. The molecule has 0 aliphatic carbocycles. The molecule has 1 aliphatic heterocycles. The van der Waals surface area contributed by atoms with Crippen LogP contribution in [0.5, 0.6) is 0 Å². The average Bonchev–Trinajstić information content (AvgIpc) is 2.62. The highest BCUT2D eigenvalue weighted by Crippen LogP contribution is 2.19. The maximum atomic E-state index is 12.5. The van der Waals surface area contributed by atoms with E-state index in [9.17, 15) is 4.79 Å². The van der Waals surface area contributed by atoms with Crippen LogP contribution in [-0.2, 0) is 11.2 Å². The minimum absolute atomic E-state index is 0.151. The Kier molecular flexibility index (Phi) is 7.65. The molecule has 0 spiro atoms. The van der Waals surface area contributed by atoms with Gasteiger partial charge in [-0.15, -0.1) is 0 Å². The fourth-order valence-corrected chi connectivity index (χ4v) is 3.23. The van der Waals surface area contributed by atoms with E-state index < -0.39 is 0 Å². The number of hydrogen-bond donors (Lipinski definition) is 1. The van der Waals surface area contributed by atoms with E-state index in [2.05, 4.69) is 35.3 Å². The van der Waals surface area contributed by atoms with E-state index in [0.717, 1.165) is 31.2 Å². The molecule has 0 radical (unpaired) electrons. The van der Waals surface area contributed by atoms with Gasteiger partial charge in [-0.1, -0.05) is 23.7 Å². The predicted molar refractivity (Wildman–Crippen MR) is 112 cm³/mol. The van der Waals surface area contributed by atoms with Gasteiger partial charge < -0.3 is 15.1 Å². The number of hydrogen-bond acceptors (Lipinski definition) is 3. The Bertz CT molecular complexity index is 642. The lowest BCUT2D eigenvalue weighted by Gasteiger charge is -2.37. The van der Waals surface area contributed by atoms with Gasteiger partial charge in [-0.05, 0) is 37.8 Å². The van der Waals surface area contributed by atoms with Crippen LogP contribution in [0.2, 0.25) is 5.02 Å². The van der Waals surface area contributed by atoms with Gasteiger partial charge in [-0.2, -0.15) is 11.8 Å². The highest BCUT2D eigenvalue weighted by molar-refractivity contribution is 7.99. The van der Waals surface area contributed by atoms with Crippen molar-refractivity contribution < 1.29 is 4.79 Å². The Balaban J connectivity index is 1.84. The van der Waals surface area contributed by atoms with Gasteiger partial charge in [0.15, 0.2) is 5.96 Å². The molecule has 0 unspecified atom stereocenters. The number of nitrogens with zero attached hydrogens (tertiary/aromatic N) is 3. The fourth-order valence-electron chi connectivity index (χ4n) is 2.80. The topological polar surface area (TPSA) is 47.9 Å². The zero-order valence-electron chi connectivity index (χ0n) is 16.1. The number of carbonyl (C=O) groups excluding carboxylic acids is 1. The van der Waals surface area contributed by atoms with Crippen molar-refractivity contribution >= 4 is 35.2 Å². The molecule has 0 bridgehead atoms. The summed E-state index contributed by atoms with van der Waals surface area (Å²) >= 11 is 7.84. The zero-order chi connectivity index (χ0) is 19.2. The summed E-state index contributed by atoms with van der Waals surface area (Å²) < 4.78 is 0.157. The average molecular weight is 397 g/mol. The summed E-state index contributed by atoms with van der Waals surface area (Å²) in [7, 11) is 1.81. The van der Waals surface area contributed by atoms with Crippen LogP contribution in [0.4, 0.5) is 0 Å². The van der Waals surface area contributed by atoms with E-state index in [1.165, 1.54) is 0 Å². The number of piperazine rings is 1. The number of amides is 1. The quantitative estimate of drug-likeness (QED) is 0.614. The molecule has 0 saturated carbocycles. The van der Waals surface area contributed by atoms with Crippen LogP contribution in [0.3, 0.4) is 0 Å². The molecule has 1 fully saturated rings. The van der Waals surface area contributed by atoms with Gasteiger partial charge in [-0.3, -0.25) is 9.79 Å². The van der Waals surface area contributed by atoms with Crippen LogP contribution in [0, 0.1) is 0 Å². The van der Waals surface area contributed by atoms with Crippen molar-refractivity contribution in [2.75, 3.05) is 46.0 Å². The first-order valence-electron chi connectivity index (χ1n) is 8.87. The lowest BCUT2D eigenvalue weighted by atomic mass is 10.1. The summed E-state index contributed by atoms with van der Waals surface area (Å²) in [6.45, 7) is 8.29. The van der Waals surface area contributed by atoms with E-state index in [1.54, 1.807) is 0 Å². The molecule has 5 nitrogen and oxygen atoms in total. The molecule has 26 heavy (non-hydrogen) atoms. The van der Waals surface area contributed by atoms with Gasteiger partial charge in [0.2, 0.25) is 5.91 Å². The lowest BCUT2D eigenvalue weighted by Crippen LogP contribution is -2.55. The molecule has 0 atom stereocenters. The first-order chi connectivity index (χ1) is 12.3. The number of rotatable bonds is 5. The molecule has 1 aliphatic rings. The van der Waals surface area contributed by atoms with Crippen molar-refractivity contribution in [2.24, 2.45) is 4.99 Å². The highest BCUT2D eigenvalue weighted by Gasteiger charge is 2.24. The molecular weight excluding hydrogens is 368 g/mol. The Labute approximate surface area is 166 Å². The maximum Gasteiger partial charge on any atom is 0.227 e. The molecule has 2 rings (SSSR count). The molecule has 1 heterocycles. The second-order valence-corrected chi connectivity index (χ2v) is 8.99. The van der Waals surface area contributed by atoms with Gasteiger partial charge in [0, 0.05) is 49.5 Å². The molecule has 7 heteroatoms. The molecule has 1 amide bonds. The predicted octanol–water partition coefficient (Wildman–Crippen LogP) is 2.74. The highest BCUT2D eigenvalue weighted by atomic mass is 35.5. The summed E-state index contributed by atoms with van der Waals surface area (Å²) in [5.41, 5.74) is 0.960. The normalized spacial score (nSPS) is 16.0. The number of nitrogens with one attached hydrogen (secondary N) is 1. The third-order valence-electron chi connectivity index (χ3n) is 4.61. The number of halogens is 1. The van der Waals surface area contributed by atoms with Crippen molar-refractivity contribution in [1.82, 2.24) is 15.1 Å². The van der Waals surface area contributed by atoms with Crippen LogP contribution in [0.1, 0.15) is 19.4 Å². The van der Waals surface area contributed by atoms with Crippen LogP contribution < -0.4 is 5.32 Å². The van der Waals surface area contributed by atoms with E-state index in [4.69, 9.17) is 11.6 Å². The first kappa shape index (κ1) is 20.9. The van der Waals surface area contributed by atoms with E-state index in [-0.39, 0.29) is 10.7 Å². The van der Waals surface area contributed by atoms with Gasteiger partial charge in [0.1, 0.15) is 0 Å². The van der Waals surface area contributed by atoms with Crippen molar-refractivity contribution in [1.29, 1.82) is 0 Å². The molecule has 1 saturated heterocycles. The smallest absolute Gasteiger partial charge is 0.227 e. The van der Waals surface area contributed by atoms with Crippen molar-refractivity contribution in [2.45, 2.75) is 25.0 Å². The summed E-state index contributed by atoms with van der Waals surface area (Å²) in [6.07, 6.45) is 2.52. The maximum absolute atomic E-state index is 12.5. The number of carbonyl (C=O) groups is 1. The van der Waals surface area contributed by atoms with Crippen LogP contribution >= 0.6 is 23.4 Å². The molecular formula is C19H29ClN4OS. The first-order valence-corrected chi connectivity index (χ1v) is 10.5. The number of guanidine groups is 1.